The highest BCUT2D eigenvalue weighted by Crippen LogP contribution is 2.54. The van der Waals surface area contributed by atoms with Gasteiger partial charge in [0.2, 0.25) is 0 Å². The summed E-state index contributed by atoms with van der Waals surface area (Å²) in [4.78, 5) is 12.3. The molecule has 0 spiro atoms. The number of hydrogen-bond donors (Lipinski definition) is 1. The molecule has 0 radical (unpaired) electrons. The quantitative estimate of drug-likeness (QED) is 0.421. The summed E-state index contributed by atoms with van der Waals surface area (Å²) in [7, 11) is 0. The van der Waals surface area contributed by atoms with E-state index in [2.05, 4.69) is 45.1 Å². The Bertz CT molecular complexity index is 745. The van der Waals surface area contributed by atoms with Gasteiger partial charge >= 0.3 is 0 Å². The molecular weight excluding hydrogens is 320 g/mol. The van der Waals surface area contributed by atoms with Crippen LogP contribution in [0.5, 0.6) is 0 Å². The zero-order valence-electron chi connectivity index (χ0n) is 16.9. The Balaban J connectivity index is 1.81. The Kier molecular flexibility index (Phi) is 5.09. The van der Waals surface area contributed by atoms with Crippen molar-refractivity contribution in [2.45, 2.75) is 66.7 Å². The van der Waals surface area contributed by atoms with Crippen molar-refractivity contribution in [2.75, 3.05) is 0 Å². The van der Waals surface area contributed by atoms with Gasteiger partial charge in [-0.2, -0.15) is 5.10 Å². The fraction of sp³-hybridized carbons (Fsp3) is 0.565. The van der Waals surface area contributed by atoms with Gasteiger partial charge in [0, 0.05) is 16.7 Å². The molecule has 140 valence electrons. The van der Waals surface area contributed by atoms with Crippen molar-refractivity contribution in [3.05, 3.63) is 47.0 Å². The highest BCUT2D eigenvalue weighted by Gasteiger charge is 2.44. The molecule has 1 aromatic rings. The maximum Gasteiger partial charge on any atom is 0.271 e. The van der Waals surface area contributed by atoms with Crippen LogP contribution < -0.4 is 5.43 Å². The van der Waals surface area contributed by atoms with Crippen molar-refractivity contribution in [3.63, 3.8) is 0 Å². The van der Waals surface area contributed by atoms with Crippen molar-refractivity contribution in [1.82, 2.24) is 5.43 Å². The summed E-state index contributed by atoms with van der Waals surface area (Å²) in [5.74, 6) is 0.391. The minimum absolute atomic E-state index is 0.00257. The van der Waals surface area contributed by atoms with E-state index < -0.39 is 0 Å². The molecule has 2 atom stereocenters. The maximum absolute atomic E-state index is 12.3. The Hall–Kier alpha value is -1.90. The molecule has 3 rings (SSSR count). The molecule has 2 aliphatic rings. The molecule has 3 nitrogen and oxygen atoms in total. The smallest absolute Gasteiger partial charge is 0.267 e. The first kappa shape index (κ1) is 18.9. The number of hydrazone groups is 1. The zero-order valence-corrected chi connectivity index (χ0v) is 16.9. The number of benzene rings is 1. The number of carbonyl (C=O) groups is 1. The molecule has 0 saturated heterocycles. The van der Waals surface area contributed by atoms with E-state index in [-0.39, 0.29) is 11.3 Å². The predicted octanol–water partition coefficient (Wildman–Crippen LogP) is 5.74. The second kappa shape index (κ2) is 7.02. The summed E-state index contributed by atoms with van der Waals surface area (Å²) < 4.78 is 0. The summed E-state index contributed by atoms with van der Waals surface area (Å²) in [5.41, 5.74) is 8.07. The number of rotatable bonds is 3. The van der Waals surface area contributed by atoms with Gasteiger partial charge in [-0.1, -0.05) is 57.0 Å². The lowest BCUT2D eigenvalue weighted by atomic mass is 9.57. The molecule has 26 heavy (non-hydrogen) atoms. The summed E-state index contributed by atoms with van der Waals surface area (Å²) in [6, 6.07) is 9.27. The standard InChI is InChI=1S/C23H32N2O/c1-16-14-19-12-9-13-22(3,4)20(19)15-23(16,5)17(2)24-25-21(26)18-10-7-6-8-11-18/h6-8,10-11,16H,9,12-15H2,1-5H3,(H,25,26)/b24-17+. The van der Waals surface area contributed by atoms with E-state index in [4.69, 9.17) is 0 Å². The van der Waals surface area contributed by atoms with Crippen LogP contribution in [0.3, 0.4) is 0 Å². The van der Waals surface area contributed by atoms with Gasteiger partial charge in [0.15, 0.2) is 0 Å². The van der Waals surface area contributed by atoms with Crippen LogP contribution in [0.25, 0.3) is 0 Å². The first-order valence-electron chi connectivity index (χ1n) is 9.85. The molecule has 0 saturated carbocycles. The fourth-order valence-electron chi connectivity index (χ4n) is 4.65. The average molecular weight is 353 g/mol. The Morgan fingerprint density at radius 3 is 2.58 bits per heavy atom. The number of nitrogens with zero attached hydrogens (tertiary/aromatic N) is 1. The second-order valence-corrected chi connectivity index (χ2v) is 9.02. The highest BCUT2D eigenvalue weighted by atomic mass is 16.2. The number of allylic oxidation sites excluding steroid dienone is 2. The second-order valence-electron chi connectivity index (χ2n) is 9.02. The lowest BCUT2D eigenvalue weighted by Gasteiger charge is -2.48. The van der Waals surface area contributed by atoms with Crippen LogP contribution >= 0.6 is 0 Å². The first-order chi connectivity index (χ1) is 12.2. The fourth-order valence-corrected chi connectivity index (χ4v) is 4.65. The molecule has 3 heteroatoms. The number of carbonyl (C=O) groups excluding carboxylic acids is 1. The molecule has 1 aromatic carbocycles. The van der Waals surface area contributed by atoms with Crippen molar-refractivity contribution in [2.24, 2.45) is 21.8 Å². The van der Waals surface area contributed by atoms with Gasteiger partial charge < -0.3 is 0 Å². The largest absolute Gasteiger partial charge is 0.271 e. The van der Waals surface area contributed by atoms with Crippen LogP contribution in [0.15, 0.2) is 46.6 Å². The summed E-state index contributed by atoms with van der Waals surface area (Å²) >= 11 is 0. The Morgan fingerprint density at radius 2 is 1.88 bits per heavy atom. The van der Waals surface area contributed by atoms with Crippen molar-refractivity contribution >= 4 is 11.6 Å². The van der Waals surface area contributed by atoms with Gasteiger partial charge in [0.25, 0.3) is 5.91 Å². The van der Waals surface area contributed by atoms with E-state index >= 15 is 0 Å². The van der Waals surface area contributed by atoms with Crippen molar-refractivity contribution in [1.29, 1.82) is 0 Å². The molecule has 0 heterocycles. The molecule has 0 aliphatic heterocycles. The molecule has 2 unspecified atom stereocenters. The zero-order chi connectivity index (χ0) is 18.9. The normalized spacial score (nSPS) is 28.5. The van der Waals surface area contributed by atoms with Gasteiger partial charge in [-0.25, -0.2) is 5.43 Å². The minimum atomic E-state index is -0.144. The van der Waals surface area contributed by atoms with Crippen molar-refractivity contribution < 1.29 is 4.79 Å². The monoisotopic (exact) mass is 352 g/mol. The molecule has 1 amide bonds. The predicted molar refractivity (Wildman–Crippen MR) is 108 cm³/mol. The molecule has 0 fully saturated rings. The van der Waals surface area contributed by atoms with Crippen LogP contribution in [-0.2, 0) is 0 Å². The van der Waals surface area contributed by atoms with Crippen LogP contribution in [0.2, 0.25) is 0 Å². The highest BCUT2D eigenvalue weighted by molar-refractivity contribution is 5.96. The Morgan fingerprint density at radius 1 is 1.19 bits per heavy atom. The lowest BCUT2D eigenvalue weighted by Crippen LogP contribution is -2.41. The molecule has 0 aromatic heterocycles. The van der Waals surface area contributed by atoms with E-state index in [1.807, 2.05) is 30.3 Å². The number of amides is 1. The van der Waals surface area contributed by atoms with Crippen LogP contribution in [0, 0.1) is 16.7 Å². The molecule has 2 aliphatic carbocycles. The molecule has 1 N–H and O–H groups in total. The van der Waals surface area contributed by atoms with E-state index in [1.54, 1.807) is 11.1 Å². The van der Waals surface area contributed by atoms with E-state index in [9.17, 15) is 4.79 Å². The number of hydrogen-bond acceptors (Lipinski definition) is 2. The third-order valence-electron chi connectivity index (χ3n) is 6.90. The van der Waals surface area contributed by atoms with E-state index in [0.717, 1.165) is 18.6 Å². The summed E-state index contributed by atoms with van der Waals surface area (Å²) in [5, 5.41) is 4.53. The van der Waals surface area contributed by atoms with Gasteiger partial charge in [-0.05, 0) is 62.5 Å². The Labute approximate surface area is 158 Å². The number of nitrogens with one attached hydrogen (secondary N) is 1. The van der Waals surface area contributed by atoms with Gasteiger partial charge in [0.1, 0.15) is 0 Å². The van der Waals surface area contributed by atoms with Gasteiger partial charge in [0.05, 0.1) is 0 Å². The van der Waals surface area contributed by atoms with Crippen LogP contribution in [0.4, 0.5) is 0 Å². The molecular formula is C23H32N2O. The summed E-state index contributed by atoms with van der Waals surface area (Å²) in [6.07, 6.45) is 6.08. The third-order valence-corrected chi connectivity index (χ3v) is 6.90. The van der Waals surface area contributed by atoms with Crippen LogP contribution in [-0.4, -0.2) is 11.6 Å². The average Bonchev–Trinajstić information content (AvgIpc) is 2.61. The SMILES string of the molecule is C/C(=N\NC(=O)c1ccccc1)C1(C)CC2=C(CCCC2(C)C)CC1C. The third kappa shape index (κ3) is 3.49. The topological polar surface area (TPSA) is 41.5 Å². The lowest BCUT2D eigenvalue weighted by molar-refractivity contribution is 0.0953. The first-order valence-corrected chi connectivity index (χ1v) is 9.85. The van der Waals surface area contributed by atoms with E-state index in [0.29, 0.717) is 16.9 Å². The maximum atomic E-state index is 12.3. The van der Waals surface area contributed by atoms with Crippen LogP contribution in [0.1, 0.15) is 77.1 Å². The van der Waals surface area contributed by atoms with Crippen molar-refractivity contribution in [3.8, 4) is 0 Å². The van der Waals surface area contributed by atoms with Gasteiger partial charge in [-0.15, -0.1) is 0 Å². The van der Waals surface area contributed by atoms with Gasteiger partial charge in [-0.3, -0.25) is 4.79 Å². The van der Waals surface area contributed by atoms with E-state index in [1.165, 1.54) is 19.3 Å². The molecule has 0 bridgehead atoms. The summed E-state index contributed by atoms with van der Waals surface area (Å²) in [6.45, 7) is 11.5. The minimum Gasteiger partial charge on any atom is -0.267 e.